The van der Waals surface area contributed by atoms with Crippen LogP contribution in [0.3, 0.4) is 0 Å². The van der Waals surface area contributed by atoms with Gasteiger partial charge in [0.2, 0.25) is 5.88 Å². The molecular formula is C20H25FN4O2. The Bertz CT molecular complexity index is 869. The van der Waals surface area contributed by atoms with Crippen molar-refractivity contribution in [3.63, 3.8) is 0 Å². The molecule has 6 nitrogen and oxygen atoms in total. The summed E-state index contributed by atoms with van der Waals surface area (Å²) >= 11 is 0. The van der Waals surface area contributed by atoms with Crippen molar-refractivity contribution in [3.05, 3.63) is 65.8 Å². The van der Waals surface area contributed by atoms with Gasteiger partial charge in [-0.1, -0.05) is 38.6 Å². The van der Waals surface area contributed by atoms with E-state index in [1.54, 1.807) is 28.9 Å². The van der Waals surface area contributed by atoms with Gasteiger partial charge in [-0.3, -0.25) is 0 Å². The molecule has 0 aliphatic heterocycles. The zero-order valence-corrected chi connectivity index (χ0v) is 16.1. The summed E-state index contributed by atoms with van der Waals surface area (Å²) in [7, 11) is 3.05. The van der Waals surface area contributed by atoms with Crippen LogP contribution in [0.4, 0.5) is 4.39 Å². The van der Waals surface area contributed by atoms with E-state index in [-0.39, 0.29) is 24.1 Å². The van der Waals surface area contributed by atoms with Gasteiger partial charge in [-0.2, -0.15) is 5.10 Å². The summed E-state index contributed by atoms with van der Waals surface area (Å²) in [5.41, 5.74) is 7.35. The fourth-order valence-electron chi connectivity index (χ4n) is 2.42. The van der Waals surface area contributed by atoms with Crippen LogP contribution in [0.15, 0.2) is 53.7 Å². The SMILES string of the molecule is C=C(N=C(N)/C(=C\C(C)C)OC)c1cc(OC)n(Cc2ccccc2F)n1. The smallest absolute Gasteiger partial charge is 0.212 e. The number of rotatable bonds is 8. The Kier molecular flexibility index (Phi) is 6.76. The van der Waals surface area contributed by atoms with Gasteiger partial charge in [-0.05, 0) is 18.1 Å². The molecule has 0 bridgehead atoms. The first-order valence-corrected chi connectivity index (χ1v) is 8.50. The van der Waals surface area contributed by atoms with E-state index in [1.807, 2.05) is 19.9 Å². The molecular weight excluding hydrogens is 347 g/mol. The van der Waals surface area contributed by atoms with Crippen molar-refractivity contribution >= 4 is 11.5 Å². The summed E-state index contributed by atoms with van der Waals surface area (Å²) in [5, 5.41) is 4.42. The maximum atomic E-state index is 13.9. The first-order chi connectivity index (χ1) is 12.8. The minimum Gasteiger partial charge on any atom is -0.493 e. The lowest BCUT2D eigenvalue weighted by molar-refractivity contribution is 0.311. The molecule has 0 aliphatic rings. The van der Waals surface area contributed by atoms with Gasteiger partial charge >= 0.3 is 0 Å². The molecule has 7 heteroatoms. The lowest BCUT2D eigenvalue weighted by atomic mass is 10.2. The fourth-order valence-corrected chi connectivity index (χ4v) is 2.42. The molecule has 0 saturated carbocycles. The average Bonchev–Trinajstić information content (AvgIpc) is 3.04. The van der Waals surface area contributed by atoms with E-state index in [9.17, 15) is 4.39 Å². The van der Waals surface area contributed by atoms with Gasteiger partial charge in [-0.25, -0.2) is 14.1 Å². The van der Waals surface area contributed by atoms with Gasteiger partial charge in [0.1, 0.15) is 11.5 Å². The minimum atomic E-state index is -0.304. The summed E-state index contributed by atoms with van der Waals surface area (Å²) in [6, 6.07) is 8.19. The number of nitrogens with zero attached hydrogens (tertiary/aromatic N) is 3. The van der Waals surface area contributed by atoms with Gasteiger partial charge in [0, 0.05) is 11.6 Å². The van der Waals surface area contributed by atoms with Crippen LogP contribution in [-0.4, -0.2) is 29.8 Å². The highest BCUT2D eigenvalue weighted by Crippen LogP contribution is 2.22. The van der Waals surface area contributed by atoms with Crippen molar-refractivity contribution in [2.45, 2.75) is 20.4 Å². The number of amidine groups is 1. The maximum Gasteiger partial charge on any atom is 0.212 e. The van der Waals surface area contributed by atoms with Crippen molar-refractivity contribution in [1.82, 2.24) is 9.78 Å². The van der Waals surface area contributed by atoms with Crippen LogP contribution in [0.1, 0.15) is 25.1 Å². The highest BCUT2D eigenvalue weighted by Gasteiger charge is 2.14. The van der Waals surface area contributed by atoms with Crippen LogP contribution < -0.4 is 10.5 Å². The van der Waals surface area contributed by atoms with Crippen molar-refractivity contribution < 1.29 is 13.9 Å². The summed E-state index contributed by atoms with van der Waals surface area (Å²) < 4.78 is 26.1. The number of benzene rings is 1. The summed E-state index contributed by atoms with van der Waals surface area (Å²) in [6.45, 7) is 8.16. The molecule has 144 valence electrons. The Balaban J connectivity index is 2.29. The molecule has 0 saturated heterocycles. The van der Waals surface area contributed by atoms with Gasteiger partial charge in [0.05, 0.1) is 26.5 Å². The zero-order chi connectivity index (χ0) is 20.0. The summed E-state index contributed by atoms with van der Waals surface area (Å²) in [5.74, 6) is 1.10. The quantitative estimate of drug-likeness (QED) is 0.436. The summed E-state index contributed by atoms with van der Waals surface area (Å²) in [4.78, 5) is 4.29. The minimum absolute atomic E-state index is 0.207. The lowest BCUT2D eigenvalue weighted by Crippen LogP contribution is -2.17. The van der Waals surface area contributed by atoms with Crippen LogP contribution in [0.5, 0.6) is 5.88 Å². The number of aliphatic imine (C=N–C) groups is 1. The normalized spacial score (nSPS) is 12.4. The highest BCUT2D eigenvalue weighted by molar-refractivity contribution is 5.98. The van der Waals surface area contributed by atoms with E-state index >= 15 is 0 Å². The first kappa shape index (κ1) is 20.2. The molecule has 0 spiro atoms. The standard InChI is InChI=1S/C20H25FN4O2/c1-13(2)10-18(26-4)20(22)23-14(3)17-11-19(27-5)25(24-17)12-15-8-6-7-9-16(15)21/h6-11,13H,3,12H2,1-2,4-5H3,(H2,22,23)/b18-10+. The monoisotopic (exact) mass is 372 g/mol. The Morgan fingerprint density at radius 2 is 2.07 bits per heavy atom. The number of nitrogens with two attached hydrogens (primary N) is 1. The third-order valence-corrected chi connectivity index (χ3v) is 3.74. The second-order valence-corrected chi connectivity index (χ2v) is 6.24. The number of aromatic nitrogens is 2. The van der Waals surface area contributed by atoms with Crippen molar-refractivity contribution in [1.29, 1.82) is 0 Å². The molecule has 0 aliphatic carbocycles. The topological polar surface area (TPSA) is 74.7 Å². The second kappa shape index (κ2) is 9.02. The van der Waals surface area contributed by atoms with Crippen LogP contribution in [0.2, 0.25) is 0 Å². The first-order valence-electron chi connectivity index (χ1n) is 8.50. The predicted molar refractivity (Wildman–Crippen MR) is 105 cm³/mol. The fraction of sp³-hybridized carbons (Fsp3) is 0.300. The van der Waals surface area contributed by atoms with Gasteiger partial charge in [0.25, 0.3) is 0 Å². The molecule has 2 aromatic rings. The van der Waals surface area contributed by atoms with E-state index < -0.39 is 0 Å². The number of ether oxygens (including phenoxy) is 2. The van der Waals surface area contributed by atoms with E-state index in [1.165, 1.54) is 20.3 Å². The average molecular weight is 372 g/mol. The number of hydrogen-bond acceptors (Lipinski definition) is 4. The molecule has 1 aromatic heterocycles. The predicted octanol–water partition coefficient (Wildman–Crippen LogP) is 3.59. The molecule has 0 radical (unpaired) electrons. The molecule has 0 atom stereocenters. The molecule has 2 rings (SSSR count). The van der Waals surface area contributed by atoms with E-state index in [2.05, 4.69) is 16.7 Å². The highest BCUT2D eigenvalue weighted by atomic mass is 19.1. The molecule has 0 amide bonds. The molecule has 1 heterocycles. The van der Waals surface area contributed by atoms with Gasteiger partial charge in [0.15, 0.2) is 11.6 Å². The Labute approximate surface area is 158 Å². The number of halogens is 1. The van der Waals surface area contributed by atoms with Crippen molar-refractivity contribution in [2.75, 3.05) is 14.2 Å². The van der Waals surface area contributed by atoms with E-state index in [4.69, 9.17) is 15.2 Å². The Morgan fingerprint density at radius 1 is 1.37 bits per heavy atom. The second-order valence-electron chi connectivity index (χ2n) is 6.24. The molecule has 2 N–H and O–H groups in total. The number of hydrogen-bond donors (Lipinski definition) is 1. The van der Waals surface area contributed by atoms with Crippen LogP contribution in [-0.2, 0) is 11.3 Å². The Morgan fingerprint density at radius 3 is 2.67 bits per heavy atom. The van der Waals surface area contributed by atoms with Crippen LogP contribution in [0, 0.1) is 11.7 Å². The largest absolute Gasteiger partial charge is 0.493 e. The summed E-state index contributed by atoms with van der Waals surface area (Å²) in [6.07, 6.45) is 1.86. The van der Waals surface area contributed by atoms with Crippen LogP contribution in [0.25, 0.3) is 5.70 Å². The van der Waals surface area contributed by atoms with Gasteiger partial charge in [-0.15, -0.1) is 0 Å². The number of allylic oxidation sites excluding steroid dienone is 1. The van der Waals surface area contributed by atoms with Gasteiger partial charge < -0.3 is 15.2 Å². The van der Waals surface area contributed by atoms with Crippen molar-refractivity contribution in [2.24, 2.45) is 16.6 Å². The molecule has 1 aromatic carbocycles. The van der Waals surface area contributed by atoms with Crippen molar-refractivity contribution in [3.8, 4) is 5.88 Å². The third-order valence-electron chi connectivity index (χ3n) is 3.74. The Hall–Kier alpha value is -3.09. The van der Waals surface area contributed by atoms with Crippen LogP contribution >= 0.6 is 0 Å². The number of methoxy groups -OCH3 is 2. The zero-order valence-electron chi connectivity index (χ0n) is 16.1. The van der Waals surface area contributed by atoms with E-state index in [0.29, 0.717) is 28.6 Å². The molecule has 27 heavy (non-hydrogen) atoms. The van der Waals surface area contributed by atoms with E-state index in [0.717, 1.165) is 0 Å². The maximum absolute atomic E-state index is 13.9. The molecule has 0 fully saturated rings. The third kappa shape index (κ3) is 5.20. The lowest BCUT2D eigenvalue weighted by Gasteiger charge is -2.08. The molecule has 0 unspecified atom stereocenters.